The van der Waals surface area contributed by atoms with Gasteiger partial charge in [0.1, 0.15) is 12.3 Å². The number of carbonyl (C=O) groups excluding carboxylic acids is 2. The zero-order valence-corrected chi connectivity index (χ0v) is 20.9. The molecule has 0 spiro atoms. The minimum Gasteiger partial charge on any atom is -0.465 e. The van der Waals surface area contributed by atoms with Crippen LogP contribution in [0.25, 0.3) is 11.4 Å². The van der Waals surface area contributed by atoms with Crippen LogP contribution >= 0.6 is 0 Å². The lowest BCUT2D eigenvalue weighted by atomic mass is 10.1. The van der Waals surface area contributed by atoms with Crippen LogP contribution in [0.2, 0.25) is 0 Å². The lowest BCUT2D eigenvalue weighted by Gasteiger charge is -2.25. The maximum Gasteiger partial charge on any atom is 0.337 e. The highest BCUT2D eigenvalue weighted by atomic mass is 16.5. The van der Waals surface area contributed by atoms with Gasteiger partial charge < -0.3 is 20.1 Å². The van der Waals surface area contributed by atoms with Crippen LogP contribution in [0.3, 0.4) is 0 Å². The molecular formula is C28H28N6O4. The summed E-state index contributed by atoms with van der Waals surface area (Å²) in [7, 11) is 2.71. The molecule has 6 N–H and O–H groups in total. The Hall–Kier alpha value is -4.80. The van der Waals surface area contributed by atoms with Crippen LogP contribution in [0, 0.1) is 0 Å². The number of esters is 2. The van der Waals surface area contributed by atoms with E-state index in [0.717, 1.165) is 33.6 Å². The number of benzene rings is 3. The molecule has 0 aromatic heterocycles. The van der Waals surface area contributed by atoms with Gasteiger partial charge in [-0.1, -0.05) is 42.5 Å². The number of hydrogen-bond acceptors (Lipinski definition) is 10. The lowest BCUT2D eigenvalue weighted by molar-refractivity contribution is 0.0592. The Bertz CT molecular complexity index is 1350. The molecule has 38 heavy (non-hydrogen) atoms. The smallest absolute Gasteiger partial charge is 0.337 e. The van der Waals surface area contributed by atoms with Gasteiger partial charge in [-0.2, -0.15) is 0 Å². The predicted octanol–water partition coefficient (Wildman–Crippen LogP) is 2.81. The maximum absolute atomic E-state index is 12.0. The van der Waals surface area contributed by atoms with Crippen molar-refractivity contribution in [3.8, 4) is 0 Å². The third kappa shape index (κ3) is 4.77. The lowest BCUT2D eigenvalue weighted by Crippen LogP contribution is -2.34. The Morgan fingerprint density at radius 3 is 1.53 bits per heavy atom. The van der Waals surface area contributed by atoms with Gasteiger partial charge in [0.25, 0.3) is 0 Å². The standard InChI is InChI=1S/C28H28N6O4/c1-37-27(35)21-10-3-6-17(12-21)23-15-33(29)25(31-23)19-8-5-9-20(14-19)26-32-24(16-34(26)30)18-7-4-11-22(13-18)28(36)38-2/h3-16,25-26,31-32H,29-30H2,1-2H3. The largest absolute Gasteiger partial charge is 0.465 e. The second-order valence-electron chi connectivity index (χ2n) is 8.89. The maximum atomic E-state index is 12.0. The van der Waals surface area contributed by atoms with Crippen LogP contribution in [0.1, 0.15) is 55.3 Å². The van der Waals surface area contributed by atoms with Crippen molar-refractivity contribution in [3.05, 3.63) is 119 Å². The molecule has 0 saturated carbocycles. The van der Waals surface area contributed by atoms with E-state index in [-0.39, 0.29) is 12.3 Å². The van der Waals surface area contributed by atoms with Gasteiger partial charge in [-0.3, -0.25) is 10.0 Å². The topological polar surface area (TPSA) is 135 Å². The van der Waals surface area contributed by atoms with Crippen molar-refractivity contribution in [2.45, 2.75) is 12.3 Å². The second kappa shape index (κ2) is 10.3. The van der Waals surface area contributed by atoms with Gasteiger partial charge in [0.2, 0.25) is 0 Å². The van der Waals surface area contributed by atoms with E-state index in [0.29, 0.717) is 11.1 Å². The van der Waals surface area contributed by atoms with E-state index in [2.05, 4.69) is 10.6 Å². The Labute approximate surface area is 220 Å². The third-order valence-electron chi connectivity index (χ3n) is 6.47. The van der Waals surface area contributed by atoms with Crippen LogP contribution in [0.5, 0.6) is 0 Å². The van der Waals surface area contributed by atoms with E-state index in [1.54, 1.807) is 58.8 Å². The molecule has 0 radical (unpaired) electrons. The highest BCUT2D eigenvalue weighted by molar-refractivity contribution is 5.91. The van der Waals surface area contributed by atoms with Crippen molar-refractivity contribution < 1.29 is 19.1 Å². The van der Waals surface area contributed by atoms with E-state index in [1.165, 1.54) is 14.2 Å². The summed E-state index contributed by atoms with van der Waals surface area (Å²) < 4.78 is 9.67. The molecule has 2 heterocycles. The zero-order chi connectivity index (χ0) is 26.8. The Morgan fingerprint density at radius 1 is 0.684 bits per heavy atom. The fourth-order valence-electron chi connectivity index (χ4n) is 4.55. The van der Waals surface area contributed by atoms with Crippen molar-refractivity contribution in [3.63, 3.8) is 0 Å². The number of carbonyl (C=O) groups is 2. The average molecular weight is 513 g/mol. The minimum absolute atomic E-state index is 0.330. The number of hydrogen-bond donors (Lipinski definition) is 4. The molecule has 2 atom stereocenters. The van der Waals surface area contributed by atoms with Crippen molar-refractivity contribution in [2.75, 3.05) is 14.2 Å². The van der Waals surface area contributed by atoms with Crippen molar-refractivity contribution in [2.24, 2.45) is 11.7 Å². The molecule has 0 aliphatic carbocycles. The van der Waals surface area contributed by atoms with Gasteiger partial charge in [-0.05, 0) is 41.5 Å². The number of nitrogens with two attached hydrogens (primary N) is 2. The van der Waals surface area contributed by atoms with Crippen LogP contribution < -0.4 is 22.3 Å². The summed E-state index contributed by atoms with van der Waals surface area (Å²) in [5.74, 6) is 11.9. The van der Waals surface area contributed by atoms with E-state index in [4.69, 9.17) is 21.2 Å². The van der Waals surface area contributed by atoms with Gasteiger partial charge in [0.05, 0.1) is 36.7 Å². The predicted molar refractivity (Wildman–Crippen MR) is 142 cm³/mol. The summed E-state index contributed by atoms with van der Waals surface area (Å²) in [5.41, 5.74) is 5.96. The average Bonchev–Trinajstić information content (AvgIpc) is 3.55. The number of nitrogens with one attached hydrogen (secondary N) is 2. The zero-order valence-electron chi connectivity index (χ0n) is 20.9. The van der Waals surface area contributed by atoms with Crippen molar-refractivity contribution in [1.82, 2.24) is 20.7 Å². The van der Waals surface area contributed by atoms with Crippen molar-refractivity contribution in [1.29, 1.82) is 0 Å². The molecule has 10 heteroatoms. The van der Waals surface area contributed by atoms with E-state index in [1.807, 2.05) is 36.4 Å². The number of nitrogens with zero attached hydrogens (tertiary/aromatic N) is 2. The molecule has 0 fully saturated rings. The number of hydrazine groups is 2. The SMILES string of the molecule is COC(=O)c1cccc(C2=CN(N)C(c3cccc(C4NC(c5cccc(C(=O)OC)c5)=CN4N)c3)N2)c1. The summed E-state index contributed by atoms with van der Waals surface area (Å²) in [6.45, 7) is 0. The molecule has 2 aliphatic rings. The molecule has 3 aromatic rings. The highest BCUT2D eigenvalue weighted by Crippen LogP contribution is 2.32. The fourth-order valence-corrected chi connectivity index (χ4v) is 4.55. The summed E-state index contributed by atoms with van der Waals surface area (Å²) in [4.78, 5) is 23.9. The number of ether oxygens (including phenoxy) is 2. The molecule has 2 aliphatic heterocycles. The molecule has 5 rings (SSSR count). The Kier molecular flexibility index (Phi) is 6.73. The summed E-state index contributed by atoms with van der Waals surface area (Å²) in [6.07, 6.45) is 2.93. The van der Waals surface area contributed by atoms with Crippen LogP contribution in [0.4, 0.5) is 0 Å². The summed E-state index contributed by atoms with van der Waals surface area (Å²) in [5, 5.41) is 10.0. The molecule has 2 unspecified atom stereocenters. The fraction of sp³-hybridized carbons (Fsp3) is 0.143. The van der Waals surface area contributed by atoms with Crippen LogP contribution in [0.15, 0.2) is 85.2 Å². The third-order valence-corrected chi connectivity index (χ3v) is 6.47. The van der Waals surface area contributed by atoms with Crippen LogP contribution in [-0.4, -0.2) is 36.2 Å². The molecule has 194 valence electrons. The van der Waals surface area contributed by atoms with E-state index in [9.17, 15) is 9.59 Å². The van der Waals surface area contributed by atoms with Gasteiger partial charge in [-0.15, -0.1) is 0 Å². The van der Waals surface area contributed by atoms with Gasteiger partial charge in [-0.25, -0.2) is 21.3 Å². The molecule has 0 bridgehead atoms. The molecule has 0 amide bonds. The molecule has 10 nitrogen and oxygen atoms in total. The van der Waals surface area contributed by atoms with Crippen molar-refractivity contribution >= 4 is 23.3 Å². The molecule has 0 saturated heterocycles. The first kappa shape index (κ1) is 24.9. The Balaban J connectivity index is 1.33. The first-order valence-electron chi connectivity index (χ1n) is 11.9. The Morgan fingerprint density at radius 2 is 1.11 bits per heavy atom. The quantitative estimate of drug-likeness (QED) is 0.288. The van der Waals surface area contributed by atoms with Gasteiger partial charge >= 0.3 is 11.9 Å². The second-order valence-corrected chi connectivity index (χ2v) is 8.89. The number of methoxy groups -OCH3 is 2. The first-order chi connectivity index (χ1) is 18.4. The molecular weight excluding hydrogens is 484 g/mol. The number of rotatable bonds is 6. The summed E-state index contributed by atoms with van der Waals surface area (Å²) in [6, 6.07) is 22.2. The monoisotopic (exact) mass is 512 g/mol. The minimum atomic E-state index is -0.403. The van der Waals surface area contributed by atoms with Crippen LogP contribution in [-0.2, 0) is 9.47 Å². The van der Waals surface area contributed by atoms with E-state index >= 15 is 0 Å². The molecule has 3 aromatic carbocycles. The van der Waals surface area contributed by atoms with Gasteiger partial charge in [0.15, 0.2) is 0 Å². The summed E-state index contributed by atoms with van der Waals surface area (Å²) >= 11 is 0. The van der Waals surface area contributed by atoms with Gasteiger partial charge in [0, 0.05) is 23.5 Å². The normalized spacial score (nSPS) is 18.3. The highest BCUT2D eigenvalue weighted by Gasteiger charge is 2.28. The first-order valence-corrected chi connectivity index (χ1v) is 11.9. The van der Waals surface area contributed by atoms with E-state index < -0.39 is 11.9 Å².